The fourth-order valence-corrected chi connectivity index (χ4v) is 3.52. The maximum Gasteiger partial charge on any atom is 0.306 e. The lowest BCUT2D eigenvalue weighted by Crippen LogP contribution is -2.43. The van der Waals surface area contributed by atoms with E-state index in [1.54, 1.807) is 9.80 Å². The molecule has 0 radical (unpaired) electrons. The number of carbonyl (C=O) groups is 3. The molecule has 128 valence electrons. The van der Waals surface area contributed by atoms with Gasteiger partial charge in [-0.15, -0.1) is 0 Å². The van der Waals surface area contributed by atoms with Crippen LogP contribution in [0.2, 0.25) is 0 Å². The van der Waals surface area contributed by atoms with Gasteiger partial charge in [0.2, 0.25) is 11.8 Å². The number of carboxylic acids is 1. The second-order valence-corrected chi connectivity index (χ2v) is 6.68. The number of aryl methyl sites for hydroxylation is 1. The van der Waals surface area contributed by atoms with Gasteiger partial charge in [-0.2, -0.15) is 0 Å². The van der Waals surface area contributed by atoms with Crippen LogP contribution in [0.4, 0.5) is 5.69 Å². The molecule has 2 aliphatic rings. The Morgan fingerprint density at radius 1 is 1.17 bits per heavy atom. The van der Waals surface area contributed by atoms with Gasteiger partial charge >= 0.3 is 5.97 Å². The van der Waals surface area contributed by atoms with Gasteiger partial charge < -0.3 is 14.9 Å². The van der Waals surface area contributed by atoms with Crippen molar-refractivity contribution in [2.75, 3.05) is 24.5 Å². The molecule has 0 unspecified atom stereocenters. The Morgan fingerprint density at radius 3 is 2.50 bits per heavy atom. The largest absolute Gasteiger partial charge is 0.481 e. The van der Waals surface area contributed by atoms with E-state index >= 15 is 0 Å². The predicted octanol–water partition coefficient (Wildman–Crippen LogP) is 1.67. The van der Waals surface area contributed by atoms with Gasteiger partial charge in [0.1, 0.15) is 0 Å². The molecule has 6 nitrogen and oxygen atoms in total. The minimum atomic E-state index is -0.788. The summed E-state index contributed by atoms with van der Waals surface area (Å²) in [5.74, 6) is -1.53. The Balaban J connectivity index is 1.63. The maximum atomic E-state index is 12.7. The normalized spacial score (nSPS) is 22.0. The summed E-state index contributed by atoms with van der Waals surface area (Å²) < 4.78 is 0. The topological polar surface area (TPSA) is 77.9 Å². The number of carboxylic acid groups (broad SMARTS) is 1. The van der Waals surface area contributed by atoms with Crippen LogP contribution in [0.3, 0.4) is 0 Å². The molecule has 2 amide bonds. The molecule has 0 spiro atoms. The Kier molecular flexibility index (Phi) is 4.55. The number of carbonyl (C=O) groups excluding carboxylic acids is 2. The van der Waals surface area contributed by atoms with Crippen LogP contribution in [0.5, 0.6) is 0 Å². The predicted molar refractivity (Wildman–Crippen MR) is 88.6 cm³/mol. The lowest BCUT2D eigenvalue weighted by atomic mass is 9.95. The molecule has 2 heterocycles. The number of rotatable bonds is 3. The van der Waals surface area contributed by atoms with Crippen LogP contribution in [0, 0.1) is 18.8 Å². The van der Waals surface area contributed by atoms with E-state index in [0.717, 1.165) is 11.3 Å². The molecular weight excluding hydrogens is 308 g/mol. The van der Waals surface area contributed by atoms with Gasteiger partial charge in [-0.1, -0.05) is 12.1 Å². The summed E-state index contributed by atoms with van der Waals surface area (Å²) in [5, 5.41) is 9.04. The van der Waals surface area contributed by atoms with Crippen LogP contribution in [0.25, 0.3) is 0 Å². The number of benzene rings is 1. The summed E-state index contributed by atoms with van der Waals surface area (Å²) in [5.41, 5.74) is 1.91. The minimum Gasteiger partial charge on any atom is -0.481 e. The third kappa shape index (κ3) is 3.27. The number of amides is 2. The molecule has 2 aliphatic heterocycles. The Morgan fingerprint density at radius 2 is 1.88 bits per heavy atom. The van der Waals surface area contributed by atoms with Gasteiger partial charge in [0.25, 0.3) is 0 Å². The first-order valence-electron chi connectivity index (χ1n) is 8.34. The number of anilines is 1. The van der Waals surface area contributed by atoms with E-state index in [-0.39, 0.29) is 30.1 Å². The Bertz CT molecular complexity index is 665. The lowest BCUT2D eigenvalue weighted by molar-refractivity contribution is -0.146. The molecule has 6 heteroatoms. The highest BCUT2D eigenvalue weighted by atomic mass is 16.4. The fourth-order valence-electron chi connectivity index (χ4n) is 3.52. The molecule has 0 aromatic heterocycles. The number of nitrogens with zero attached hydrogens (tertiary/aromatic N) is 2. The van der Waals surface area contributed by atoms with E-state index in [1.807, 2.05) is 31.2 Å². The quantitative estimate of drug-likeness (QED) is 0.914. The third-order valence-corrected chi connectivity index (χ3v) is 4.94. The van der Waals surface area contributed by atoms with Crippen molar-refractivity contribution >= 4 is 23.5 Å². The van der Waals surface area contributed by atoms with Crippen LogP contribution in [0.15, 0.2) is 24.3 Å². The monoisotopic (exact) mass is 330 g/mol. The summed E-state index contributed by atoms with van der Waals surface area (Å²) in [6.45, 7) is 3.30. The lowest BCUT2D eigenvalue weighted by Gasteiger charge is -2.31. The van der Waals surface area contributed by atoms with Crippen molar-refractivity contribution in [1.29, 1.82) is 0 Å². The summed E-state index contributed by atoms with van der Waals surface area (Å²) in [6, 6.07) is 7.71. The van der Waals surface area contributed by atoms with Crippen molar-refractivity contribution < 1.29 is 19.5 Å². The van der Waals surface area contributed by atoms with Gasteiger partial charge in [-0.25, -0.2) is 0 Å². The maximum absolute atomic E-state index is 12.7. The highest BCUT2D eigenvalue weighted by Gasteiger charge is 2.38. The molecule has 2 fully saturated rings. The smallest absolute Gasteiger partial charge is 0.306 e. The van der Waals surface area contributed by atoms with Crippen molar-refractivity contribution in [1.82, 2.24) is 4.90 Å². The third-order valence-electron chi connectivity index (χ3n) is 4.94. The van der Waals surface area contributed by atoms with Gasteiger partial charge in [0, 0.05) is 31.7 Å². The average molecular weight is 330 g/mol. The van der Waals surface area contributed by atoms with Crippen molar-refractivity contribution in [2.24, 2.45) is 11.8 Å². The van der Waals surface area contributed by atoms with E-state index < -0.39 is 5.97 Å². The highest BCUT2D eigenvalue weighted by molar-refractivity contribution is 6.00. The molecule has 1 atom stereocenters. The molecule has 0 aliphatic carbocycles. The molecule has 3 rings (SSSR count). The number of likely N-dealkylation sites (tertiary alicyclic amines) is 1. The van der Waals surface area contributed by atoms with Crippen LogP contribution in [-0.2, 0) is 14.4 Å². The second kappa shape index (κ2) is 6.63. The first kappa shape index (κ1) is 16.5. The number of aliphatic carboxylic acids is 1. The van der Waals surface area contributed by atoms with Gasteiger partial charge in [0.15, 0.2) is 0 Å². The van der Waals surface area contributed by atoms with Crippen molar-refractivity contribution in [3.63, 3.8) is 0 Å². The summed E-state index contributed by atoms with van der Waals surface area (Å²) in [6.07, 6.45) is 1.21. The molecule has 1 N–H and O–H groups in total. The number of hydrogen-bond donors (Lipinski definition) is 1. The van der Waals surface area contributed by atoms with E-state index in [2.05, 4.69) is 0 Å². The van der Waals surface area contributed by atoms with Gasteiger partial charge in [0.05, 0.1) is 11.8 Å². The summed E-state index contributed by atoms with van der Waals surface area (Å²) in [7, 11) is 0. The van der Waals surface area contributed by atoms with E-state index in [0.29, 0.717) is 32.5 Å². The number of hydrogen-bond acceptors (Lipinski definition) is 3. The van der Waals surface area contributed by atoms with E-state index in [1.165, 1.54) is 0 Å². The first-order valence-corrected chi connectivity index (χ1v) is 8.34. The van der Waals surface area contributed by atoms with Crippen molar-refractivity contribution in [3.05, 3.63) is 29.8 Å². The first-order chi connectivity index (χ1) is 11.5. The van der Waals surface area contributed by atoms with Gasteiger partial charge in [-0.05, 0) is 37.5 Å². The van der Waals surface area contributed by atoms with Gasteiger partial charge in [-0.3, -0.25) is 14.4 Å². The SMILES string of the molecule is Cc1cccc(N2C[C@H](C(=O)N3CCC(C(=O)O)CC3)CC2=O)c1. The molecule has 0 saturated carbocycles. The van der Waals surface area contributed by atoms with Crippen LogP contribution in [0.1, 0.15) is 24.8 Å². The van der Waals surface area contributed by atoms with E-state index in [9.17, 15) is 14.4 Å². The fraction of sp³-hybridized carbons (Fsp3) is 0.500. The van der Waals surface area contributed by atoms with Crippen LogP contribution in [-0.4, -0.2) is 47.4 Å². The Hall–Kier alpha value is -2.37. The summed E-state index contributed by atoms with van der Waals surface area (Å²) >= 11 is 0. The standard InChI is InChI=1S/C18H22N2O4/c1-12-3-2-4-15(9-12)20-11-14(10-16(20)21)17(22)19-7-5-13(6-8-19)18(23)24/h2-4,9,13-14H,5-8,10-11H2,1H3,(H,23,24)/t14-/m1/s1. The summed E-state index contributed by atoms with van der Waals surface area (Å²) in [4.78, 5) is 39.4. The highest BCUT2D eigenvalue weighted by Crippen LogP contribution is 2.28. The van der Waals surface area contributed by atoms with Crippen LogP contribution >= 0.6 is 0 Å². The molecule has 1 aromatic carbocycles. The minimum absolute atomic E-state index is 0.0256. The molecule has 2 saturated heterocycles. The van der Waals surface area contributed by atoms with E-state index in [4.69, 9.17) is 5.11 Å². The Labute approximate surface area is 141 Å². The second-order valence-electron chi connectivity index (χ2n) is 6.68. The zero-order chi connectivity index (χ0) is 17.3. The number of piperidine rings is 1. The average Bonchev–Trinajstić information content (AvgIpc) is 2.96. The molecule has 24 heavy (non-hydrogen) atoms. The van der Waals surface area contributed by atoms with Crippen molar-refractivity contribution in [2.45, 2.75) is 26.2 Å². The molecular formula is C18H22N2O4. The van der Waals surface area contributed by atoms with Crippen molar-refractivity contribution in [3.8, 4) is 0 Å². The zero-order valence-electron chi connectivity index (χ0n) is 13.8. The molecule has 1 aromatic rings. The molecule has 0 bridgehead atoms. The zero-order valence-corrected chi connectivity index (χ0v) is 13.8. The van der Waals surface area contributed by atoms with Crippen LogP contribution < -0.4 is 4.90 Å².